The number of morpholine rings is 1. The molecule has 112 valence electrons. The molecule has 0 spiro atoms. The van der Waals surface area contributed by atoms with E-state index in [1.807, 2.05) is 4.90 Å². The van der Waals surface area contributed by atoms with Crippen LogP contribution in [0.2, 0.25) is 0 Å². The van der Waals surface area contributed by atoms with Crippen molar-refractivity contribution in [1.29, 1.82) is 0 Å². The fraction of sp³-hybridized carbons (Fsp3) is 0.462. The molecule has 1 amide bonds. The number of anilines is 2. The molecule has 2 heterocycles. The Balaban J connectivity index is 2.04. The van der Waals surface area contributed by atoms with Crippen LogP contribution in [0.15, 0.2) is 12.1 Å². The first-order chi connectivity index (χ1) is 10.1. The minimum atomic E-state index is -0.614. The van der Waals surface area contributed by atoms with Crippen molar-refractivity contribution in [3.05, 3.63) is 22.2 Å². The van der Waals surface area contributed by atoms with Gasteiger partial charge in [0, 0.05) is 25.2 Å². The summed E-state index contributed by atoms with van der Waals surface area (Å²) in [5.41, 5.74) is 0.779. The molecule has 1 aromatic carbocycles. The largest absolute Gasteiger partial charge is 0.479 e. The second kappa shape index (κ2) is 5.21. The predicted octanol–water partition coefficient (Wildman–Crippen LogP) is 1.15. The molecule has 1 aromatic rings. The third-order valence-electron chi connectivity index (χ3n) is 3.56. The van der Waals surface area contributed by atoms with E-state index >= 15 is 0 Å². The van der Waals surface area contributed by atoms with Gasteiger partial charge in [-0.05, 0) is 6.92 Å². The summed E-state index contributed by atoms with van der Waals surface area (Å²) in [6, 6.07) is 2.97. The lowest BCUT2D eigenvalue weighted by Crippen LogP contribution is -2.37. The third kappa shape index (κ3) is 2.49. The summed E-state index contributed by atoms with van der Waals surface area (Å²) in [6.45, 7) is 3.86. The van der Waals surface area contributed by atoms with Gasteiger partial charge in [-0.2, -0.15) is 0 Å². The molecule has 2 aliphatic heterocycles. The molecule has 1 atom stereocenters. The van der Waals surface area contributed by atoms with Crippen molar-refractivity contribution >= 4 is 23.0 Å². The number of carbonyl (C=O) groups is 1. The van der Waals surface area contributed by atoms with Gasteiger partial charge in [-0.15, -0.1) is 0 Å². The molecule has 21 heavy (non-hydrogen) atoms. The molecule has 0 bridgehead atoms. The lowest BCUT2D eigenvalue weighted by Gasteiger charge is -2.30. The zero-order valence-corrected chi connectivity index (χ0v) is 11.5. The number of hydrogen-bond donors (Lipinski definition) is 1. The highest BCUT2D eigenvalue weighted by Crippen LogP contribution is 2.40. The second-order valence-corrected chi connectivity index (χ2v) is 4.94. The van der Waals surface area contributed by atoms with Crippen LogP contribution < -0.4 is 15.0 Å². The van der Waals surface area contributed by atoms with Gasteiger partial charge in [0.05, 0.1) is 23.8 Å². The maximum absolute atomic E-state index is 11.6. The van der Waals surface area contributed by atoms with Crippen LogP contribution in [0.3, 0.4) is 0 Å². The predicted molar refractivity (Wildman–Crippen MR) is 74.8 cm³/mol. The maximum Gasteiger partial charge on any atom is 0.294 e. The highest BCUT2D eigenvalue weighted by molar-refractivity contribution is 5.98. The number of rotatable bonds is 2. The number of nitrogens with zero attached hydrogens (tertiary/aromatic N) is 2. The monoisotopic (exact) mass is 293 g/mol. The number of benzene rings is 1. The average molecular weight is 293 g/mol. The summed E-state index contributed by atoms with van der Waals surface area (Å²) >= 11 is 0. The second-order valence-electron chi connectivity index (χ2n) is 4.94. The Bertz CT molecular complexity index is 598. The number of ether oxygens (including phenoxy) is 2. The number of nitro benzene ring substituents is 1. The molecule has 1 unspecified atom stereocenters. The van der Waals surface area contributed by atoms with Gasteiger partial charge in [-0.3, -0.25) is 14.9 Å². The van der Waals surface area contributed by atoms with E-state index in [0.29, 0.717) is 43.4 Å². The fourth-order valence-electron chi connectivity index (χ4n) is 2.43. The van der Waals surface area contributed by atoms with Gasteiger partial charge in [0.25, 0.3) is 11.6 Å². The fourth-order valence-corrected chi connectivity index (χ4v) is 2.43. The van der Waals surface area contributed by atoms with Crippen molar-refractivity contribution in [3.63, 3.8) is 0 Å². The summed E-state index contributed by atoms with van der Waals surface area (Å²) in [7, 11) is 0. The lowest BCUT2D eigenvalue weighted by molar-refractivity contribution is -0.384. The minimum absolute atomic E-state index is 0.0471. The van der Waals surface area contributed by atoms with Gasteiger partial charge in [0.2, 0.25) is 0 Å². The van der Waals surface area contributed by atoms with Crippen LogP contribution >= 0.6 is 0 Å². The van der Waals surface area contributed by atoms with E-state index in [9.17, 15) is 14.9 Å². The molecular formula is C13H15N3O5. The quantitative estimate of drug-likeness (QED) is 0.649. The Morgan fingerprint density at radius 3 is 2.76 bits per heavy atom. The van der Waals surface area contributed by atoms with Crippen LogP contribution in [0.1, 0.15) is 6.92 Å². The zero-order valence-electron chi connectivity index (χ0n) is 11.5. The molecule has 8 heteroatoms. The number of amides is 1. The van der Waals surface area contributed by atoms with Crippen molar-refractivity contribution in [2.24, 2.45) is 0 Å². The molecular weight excluding hydrogens is 278 g/mol. The molecule has 1 fully saturated rings. The average Bonchev–Trinajstić information content (AvgIpc) is 2.48. The zero-order chi connectivity index (χ0) is 15.0. The van der Waals surface area contributed by atoms with Crippen LogP contribution in [0.25, 0.3) is 0 Å². The Morgan fingerprint density at radius 2 is 2.10 bits per heavy atom. The number of fused-ring (bicyclic) bond motifs is 1. The minimum Gasteiger partial charge on any atom is -0.479 e. The molecule has 0 aromatic heterocycles. The summed E-state index contributed by atoms with van der Waals surface area (Å²) in [5.74, 6) is 0.144. The van der Waals surface area contributed by atoms with E-state index in [-0.39, 0.29) is 11.6 Å². The van der Waals surface area contributed by atoms with Gasteiger partial charge in [-0.1, -0.05) is 0 Å². The van der Waals surface area contributed by atoms with Gasteiger partial charge in [0.15, 0.2) is 6.10 Å². The molecule has 8 nitrogen and oxygen atoms in total. The Labute approximate surface area is 120 Å². The molecule has 2 aliphatic rings. The van der Waals surface area contributed by atoms with E-state index in [1.54, 1.807) is 13.0 Å². The molecule has 1 N–H and O–H groups in total. The third-order valence-corrected chi connectivity index (χ3v) is 3.56. The number of nitro groups is 1. The van der Waals surface area contributed by atoms with Crippen molar-refractivity contribution in [1.82, 2.24) is 0 Å². The number of carbonyl (C=O) groups excluding carboxylic acids is 1. The Hall–Kier alpha value is -2.35. The molecule has 0 radical (unpaired) electrons. The maximum atomic E-state index is 11.6. The lowest BCUT2D eigenvalue weighted by atomic mass is 10.1. The van der Waals surface area contributed by atoms with Crippen molar-refractivity contribution in [2.45, 2.75) is 13.0 Å². The summed E-state index contributed by atoms with van der Waals surface area (Å²) in [6.07, 6.45) is -0.614. The van der Waals surface area contributed by atoms with E-state index in [2.05, 4.69) is 5.32 Å². The standard InChI is InChI=1S/C13H15N3O5/c1-8-13(17)14-9-6-11(16(18)19)10(7-12(9)21-8)15-2-4-20-5-3-15/h6-8H,2-5H2,1H3,(H,14,17). The first kappa shape index (κ1) is 13.6. The highest BCUT2D eigenvalue weighted by Gasteiger charge is 2.30. The number of nitrogens with one attached hydrogen (secondary N) is 1. The summed E-state index contributed by atoms with van der Waals surface area (Å²) < 4.78 is 10.8. The normalized spacial score (nSPS) is 21.3. The van der Waals surface area contributed by atoms with Gasteiger partial charge in [0.1, 0.15) is 11.4 Å². The van der Waals surface area contributed by atoms with Gasteiger partial charge >= 0.3 is 0 Å². The molecule has 1 saturated heterocycles. The van der Waals surface area contributed by atoms with E-state index in [0.717, 1.165) is 0 Å². The van der Waals surface area contributed by atoms with Crippen molar-refractivity contribution < 1.29 is 19.2 Å². The van der Waals surface area contributed by atoms with E-state index in [1.165, 1.54) is 6.07 Å². The topological polar surface area (TPSA) is 93.9 Å². The van der Waals surface area contributed by atoms with Crippen LogP contribution in [-0.4, -0.2) is 43.2 Å². The van der Waals surface area contributed by atoms with Gasteiger partial charge in [-0.25, -0.2) is 0 Å². The smallest absolute Gasteiger partial charge is 0.294 e. The van der Waals surface area contributed by atoms with Crippen LogP contribution in [0.4, 0.5) is 17.1 Å². The Morgan fingerprint density at radius 1 is 1.38 bits per heavy atom. The molecule has 0 saturated carbocycles. The van der Waals surface area contributed by atoms with Crippen molar-refractivity contribution in [2.75, 3.05) is 36.5 Å². The van der Waals surface area contributed by atoms with Gasteiger partial charge < -0.3 is 19.7 Å². The molecule has 0 aliphatic carbocycles. The highest BCUT2D eigenvalue weighted by atomic mass is 16.6. The van der Waals surface area contributed by atoms with Crippen LogP contribution in [0.5, 0.6) is 5.75 Å². The molecule has 3 rings (SSSR count). The SMILES string of the molecule is CC1Oc2cc(N3CCOCC3)c([N+](=O)[O-])cc2NC1=O. The number of hydrogen-bond acceptors (Lipinski definition) is 6. The first-order valence-corrected chi connectivity index (χ1v) is 6.69. The van der Waals surface area contributed by atoms with E-state index in [4.69, 9.17) is 9.47 Å². The van der Waals surface area contributed by atoms with Crippen LogP contribution in [-0.2, 0) is 9.53 Å². The first-order valence-electron chi connectivity index (χ1n) is 6.69. The summed E-state index contributed by atoms with van der Waals surface area (Å²) in [5, 5.41) is 13.9. The summed E-state index contributed by atoms with van der Waals surface area (Å²) in [4.78, 5) is 24.3. The van der Waals surface area contributed by atoms with E-state index < -0.39 is 11.0 Å². The Kier molecular flexibility index (Phi) is 3.38. The van der Waals surface area contributed by atoms with Crippen LogP contribution in [0, 0.1) is 10.1 Å². The van der Waals surface area contributed by atoms with Crippen molar-refractivity contribution in [3.8, 4) is 5.75 Å².